The summed E-state index contributed by atoms with van der Waals surface area (Å²) in [6.45, 7) is 6.55. The Bertz CT molecular complexity index is 919. The fourth-order valence-corrected chi connectivity index (χ4v) is 3.39. The van der Waals surface area contributed by atoms with E-state index in [-0.39, 0.29) is 18.7 Å². The molecule has 0 bridgehead atoms. The third kappa shape index (κ3) is 4.06. The van der Waals surface area contributed by atoms with Crippen LogP contribution in [0, 0.1) is 13.8 Å². The number of aromatic nitrogens is 2. The average Bonchev–Trinajstić information content (AvgIpc) is 3.25. The summed E-state index contributed by atoms with van der Waals surface area (Å²) in [5.41, 5.74) is 5.29. The minimum Gasteiger partial charge on any atom is -0.487 e. The minimum atomic E-state index is -0.229. The van der Waals surface area contributed by atoms with Crippen LogP contribution in [0.2, 0.25) is 5.02 Å². The number of hydrogen-bond acceptors (Lipinski definition) is 4. The van der Waals surface area contributed by atoms with Crippen LogP contribution in [0.5, 0.6) is 5.75 Å². The molecule has 3 heterocycles. The maximum atomic E-state index is 6.13. The standard InChI is InChI=1S/C20H21ClN2O3.ClH/c1-13-14(2)23(11-18-24-9-10-25-18)20-17(7-8-22-19(13)20)26-12-15-3-5-16(21)6-4-15;/h3-8,18H,9-12H2,1-2H3;1H. The second kappa shape index (κ2) is 8.48. The van der Waals surface area contributed by atoms with Gasteiger partial charge in [0.05, 0.1) is 25.3 Å². The van der Waals surface area contributed by atoms with Gasteiger partial charge >= 0.3 is 0 Å². The van der Waals surface area contributed by atoms with E-state index < -0.39 is 0 Å². The maximum Gasteiger partial charge on any atom is 0.175 e. The molecule has 7 heteroatoms. The SMILES string of the molecule is Cc1c(C)n(CC2OCCO2)c2c(OCc3ccc(Cl)cc3)ccnc12.Cl. The molecule has 0 aliphatic carbocycles. The summed E-state index contributed by atoms with van der Waals surface area (Å²) < 4.78 is 19.6. The summed E-state index contributed by atoms with van der Waals surface area (Å²) in [6, 6.07) is 9.58. The highest BCUT2D eigenvalue weighted by Gasteiger charge is 2.22. The highest BCUT2D eigenvalue weighted by atomic mass is 35.5. The van der Waals surface area contributed by atoms with Crippen molar-refractivity contribution in [2.24, 2.45) is 0 Å². The Kier molecular flexibility index (Phi) is 6.27. The Labute approximate surface area is 169 Å². The number of hydrogen-bond donors (Lipinski definition) is 0. The summed E-state index contributed by atoms with van der Waals surface area (Å²) in [7, 11) is 0. The zero-order chi connectivity index (χ0) is 18.1. The first-order valence-electron chi connectivity index (χ1n) is 8.68. The van der Waals surface area contributed by atoms with Crippen molar-refractivity contribution in [3.63, 3.8) is 0 Å². The van der Waals surface area contributed by atoms with Crippen molar-refractivity contribution >= 4 is 35.0 Å². The zero-order valence-electron chi connectivity index (χ0n) is 15.3. The van der Waals surface area contributed by atoms with Gasteiger partial charge in [0, 0.05) is 23.0 Å². The average molecular weight is 409 g/mol. The largest absolute Gasteiger partial charge is 0.487 e. The van der Waals surface area contributed by atoms with Crippen LogP contribution in [-0.4, -0.2) is 29.1 Å². The molecular formula is C20H22Cl2N2O3. The predicted octanol–water partition coefficient (Wildman–Crippen LogP) is 4.68. The van der Waals surface area contributed by atoms with Crippen LogP contribution in [0.1, 0.15) is 16.8 Å². The second-order valence-corrected chi connectivity index (χ2v) is 6.85. The Balaban J connectivity index is 0.00000210. The number of aryl methyl sites for hydroxylation is 1. The highest BCUT2D eigenvalue weighted by Crippen LogP contribution is 2.32. The smallest absolute Gasteiger partial charge is 0.175 e. The van der Waals surface area contributed by atoms with Crippen LogP contribution in [0.15, 0.2) is 36.5 Å². The monoisotopic (exact) mass is 408 g/mol. The topological polar surface area (TPSA) is 45.5 Å². The van der Waals surface area contributed by atoms with Crippen LogP contribution in [0.3, 0.4) is 0 Å². The van der Waals surface area contributed by atoms with E-state index in [9.17, 15) is 0 Å². The third-order valence-corrected chi connectivity index (χ3v) is 5.04. The van der Waals surface area contributed by atoms with Crippen molar-refractivity contribution in [2.75, 3.05) is 13.2 Å². The van der Waals surface area contributed by atoms with E-state index in [4.69, 9.17) is 25.8 Å². The molecule has 3 aromatic rings. The van der Waals surface area contributed by atoms with Gasteiger partial charge in [0.1, 0.15) is 17.9 Å². The molecule has 0 atom stereocenters. The van der Waals surface area contributed by atoms with E-state index in [1.165, 1.54) is 0 Å². The van der Waals surface area contributed by atoms with E-state index in [0.717, 1.165) is 38.6 Å². The van der Waals surface area contributed by atoms with Gasteiger partial charge in [-0.1, -0.05) is 23.7 Å². The molecule has 144 valence electrons. The van der Waals surface area contributed by atoms with Gasteiger partial charge in [0.2, 0.25) is 0 Å². The number of halogens is 2. The van der Waals surface area contributed by atoms with E-state index in [0.29, 0.717) is 26.4 Å². The first-order chi connectivity index (χ1) is 12.6. The van der Waals surface area contributed by atoms with E-state index in [1.54, 1.807) is 6.20 Å². The number of rotatable bonds is 5. The van der Waals surface area contributed by atoms with Crippen molar-refractivity contribution < 1.29 is 14.2 Å². The normalized spacial score (nSPS) is 14.5. The van der Waals surface area contributed by atoms with E-state index in [2.05, 4.69) is 23.4 Å². The molecule has 4 rings (SSSR count). The molecule has 1 saturated heterocycles. The lowest BCUT2D eigenvalue weighted by Crippen LogP contribution is -2.18. The van der Waals surface area contributed by atoms with Crippen molar-refractivity contribution in [1.29, 1.82) is 0 Å². The number of benzene rings is 1. The molecule has 27 heavy (non-hydrogen) atoms. The summed E-state index contributed by atoms with van der Waals surface area (Å²) >= 11 is 5.95. The van der Waals surface area contributed by atoms with Gasteiger partial charge in [0.25, 0.3) is 0 Å². The second-order valence-electron chi connectivity index (χ2n) is 6.41. The molecule has 1 aliphatic rings. The molecule has 0 N–H and O–H groups in total. The van der Waals surface area contributed by atoms with E-state index in [1.807, 2.05) is 30.3 Å². The van der Waals surface area contributed by atoms with Gasteiger partial charge in [-0.15, -0.1) is 12.4 Å². The predicted molar refractivity (Wildman–Crippen MR) is 108 cm³/mol. The molecule has 5 nitrogen and oxygen atoms in total. The molecule has 0 saturated carbocycles. The van der Waals surface area contributed by atoms with Gasteiger partial charge in [-0.05, 0) is 37.1 Å². The van der Waals surface area contributed by atoms with Gasteiger partial charge in [-0.2, -0.15) is 0 Å². The van der Waals surface area contributed by atoms with Crippen molar-refractivity contribution in [3.05, 3.63) is 58.4 Å². The van der Waals surface area contributed by atoms with Crippen LogP contribution in [-0.2, 0) is 22.6 Å². The van der Waals surface area contributed by atoms with Crippen molar-refractivity contribution in [1.82, 2.24) is 9.55 Å². The Hall–Kier alpha value is -1.79. The lowest BCUT2D eigenvalue weighted by atomic mass is 10.2. The molecule has 1 fully saturated rings. The molecule has 0 radical (unpaired) electrons. The molecule has 0 amide bonds. The number of pyridine rings is 1. The van der Waals surface area contributed by atoms with Gasteiger partial charge in [0.15, 0.2) is 6.29 Å². The van der Waals surface area contributed by atoms with Gasteiger partial charge in [-0.25, -0.2) is 0 Å². The molecule has 2 aromatic heterocycles. The maximum absolute atomic E-state index is 6.13. The summed E-state index contributed by atoms with van der Waals surface area (Å²) in [6.07, 6.45) is 1.56. The Morgan fingerprint density at radius 2 is 1.85 bits per heavy atom. The molecular weight excluding hydrogens is 387 g/mol. The number of nitrogens with zero attached hydrogens (tertiary/aromatic N) is 2. The number of ether oxygens (including phenoxy) is 3. The summed E-state index contributed by atoms with van der Waals surface area (Å²) in [5.74, 6) is 0.805. The van der Waals surface area contributed by atoms with Crippen molar-refractivity contribution in [3.8, 4) is 5.75 Å². The molecule has 0 spiro atoms. The Morgan fingerprint density at radius 3 is 2.56 bits per heavy atom. The summed E-state index contributed by atoms with van der Waals surface area (Å²) in [5, 5.41) is 0.719. The lowest BCUT2D eigenvalue weighted by molar-refractivity contribution is -0.0520. The fourth-order valence-electron chi connectivity index (χ4n) is 3.26. The van der Waals surface area contributed by atoms with Gasteiger partial charge in [-0.3, -0.25) is 4.98 Å². The highest BCUT2D eigenvalue weighted by molar-refractivity contribution is 6.30. The third-order valence-electron chi connectivity index (χ3n) is 4.79. The van der Waals surface area contributed by atoms with Crippen LogP contribution in [0.4, 0.5) is 0 Å². The zero-order valence-corrected chi connectivity index (χ0v) is 16.8. The van der Waals surface area contributed by atoms with Crippen LogP contribution < -0.4 is 4.74 Å². The van der Waals surface area contributed by atoms with Crippen LogP contribution in [0.25, 0.3) is 11.0 Å². The molecule has 1 aromatic carbocycles. The number of fused-ring (bicyclic) bond motifs is 1. The first kappa shape index (κ1) is 20.0. The fraction of sp³-hybridized carbons (Fsp3) is 0.350. The quantitative estimate of drug-likeness (QED) is 0.614. The molecule has 0 unspecified atom stereocenters. The van der Waals surface area contributed by atoms with Crippen LogP contribution >= 0.6 is 24.0 Å². The van der Waals surface area contributed by atoms with Crippen molar-refractivity contribution in [2.45, 2.75) is 33.3 Å². The van der Waals surface area contributed by atoms with Gasteiger partial charge < -0.3 is 18.8 Å². The first-order valence-corrected chi connectivity index (χ1v) is 9.06. The van der Waals surface area contributed by atoms with E-state index >= 15 is 0 Å². The minimum absolute atomic E-state index is 0. The summed E-state index contributed by atoms with van der Waals surface area (Å²) in [4.78, 5) is 4.56. The Morgan fingerprint density at radius 1 is 1.15 bits per heavy atom. The molecule has 1 aliphatic heterocycles. The lowest BCUT2D eigenvalue weighted by Gasteiger charge is -2.15.